The molecule has 0 saturated heterocycles. The molecule has 1 heterocycles. The van der Waals surface area contributed by atoms with E-state index in [1.54, 1.807) is 12.1 Å². The molecule has 102 valence electrons. The maximum atomic E-state index is 12.9. The Morgan fingerprint density at radius 1 is 1.39 bits per heavy atom. The van der Waals surface area contributed by atoms with Crippen LogP contribution in [0.1, 0.15) is 22.7 Å². The highest BCUT2D eigenvalue weighted by Gasteiger charge is 2.51. The molecule has 0 fully saturated rings. The summed E-state index contributed by atoms with van der Waals surface area (Å²) in [5.74, 6) is -6.51. The smallest absolute Gasteiger partial charge is 0.333 e. The zero-order valence-corrected chi connectivity index (χ0v) is 10.9. The van der Waals surface area contributed by atoms with Gasteiger partial charge in [-0.2, -0.15) is 8.78 Å². The molecule has 1 rings (SSSR count). The van der Waals surface area contributed by atoms with Crippen molar-refractivity contribution in [2.45, 2.75) is 32.2 Å². The Balaban J connectivity index is 2.87. The third kappa shape index (κ3) is 2.82. The fourth-order valence-electron chi connectivity index (χ4n) is 1.37. The number of halogens is 4. The number of nitrogens with zero attached hydrogens (tertiary/aromatic N) is 1. The minimum absolute atomic E-state index is 0.650. The summed E-state index contributed by atoms with van der Waals surface area (Å²) in [7, 11) is 1.10. The number of amides is 1. The standard InChI is InChI=1S/C11H13F4NOS/c1-6-4-5-8(18-6)7(2)16(3)10(17)11(14,15)9(12)13/h4-5,7,9H,1-3H3. The molecule has 0 saturated carbocycles. The number of rotatable bonds is 4. The summed E-state index contributed by atoms with van der Waals surface area (Å²) in [5.41, 5.74) is 0. The lowest BCUT2D eigenvalue weighted by Crippen LogP contribution is -2.46. The molecule has 1 aromatic heterocycles. The number of alkyl halides is 4. The van der Waals surface area contributed by atoms with Crippen molar-refractivity contribution in [2.24, 2.45) is 0 Å². The molecule has 1 atom stereocenters. The SMILES string of the molecule is Cc1ccc(C(C)N(C)C(=O)C(F)(F)C(F)F)s1. The monoisotopic (exact) mass is 283 g/mol. The third-order valence-electron chi connectivity index (χ3n) is 2.63. The summed E-state index contributed by atoms with van der Waals surface area (Å²) in [4.78, 5) is 13.6. The third-order valence-corrected chi connectivity index (χ3v) is 3.80. The lowest BCUT2D eigenvalue weighted by Gasteiger charge is -2.27. The molecule has 0 aliphatic heterocycles. The molecule has 1 aromatic rings. The van der Waals surface area contributed by atoms with Crippen molar-refractivity contribution in [3.8, 4) is 0 Å². The normalized spacial score (nSPS) is 13.8. The second-order valence-electron chi connectivity index (χ2n) is 3.96. The molecule has 0 aliphatic carbocycles. The van der Waals surface area contributed by atoms with Crippen LogP contribution in [0.5, 0.6) is 0 Å². The van der Waals surface area contributed by atoms with E-state index in [9.17, 15) is 22.4 Å². The maximum Gasteiger partial charge on any atom is 0.383 e. The molecule has 0 aromatic carbocycles. The van der Waals surface area contributed by atoms with E-state index < -0.39 is 24.3 Å². The number of carbonyl (C=O) groups is 1. The topological polar surface area (TPSA) is 20.3 Å². The molecule has 0 bridgehead atoms. The summed E-state index contributed by atoms with van der Waals surface area (Å²) in [6.45, 7) is 3.35. The largest absolute Gasteiger partial charge is 0.383 e. The van der Waals surface area contributed by atoms with Gasteiger partial charge in [-0.1, -0.05) is 0 Å². The van der Waals surface area contributed by atoms with Crippen molar-refractivity contribution in [3.05, 3.63) is 21.9 Å². The van der Waals surface area contributed by atoms with Crippen LogP contribution >= 0.6 is 11.3 Å². The van der Waals surface area contributed by atoms with E-state index in [0.717, 1.165) is 11.9 Å². The highest BCUT2D eigenvalue weighted by atomic mass is 32.1. The van der Waals surface area contributed by atoms with E-state index in [1.165, 1.54) is 18.3 Å². The van der Waals surface area contributed by atoms with E-state index in [1.807, 2.05) is 6.92 Å². The highest BCUT2D eigenvalue weighted by Crippen LogP contribution is 2.31. The summed E-state index contributed by atoms with van der Waals surface area (Å²) < 4.78 is 50.1. The number of hydrogen-bond acceptors (Lipinski definition) is 2. The van der Waals surface area contributed by atoms with Gasteiger partial charge in [0.25, 0.3) is 5.91 Å². The highest BCUT2D eigenvalue weighted by molar-refractivity contribution is 7.12. The van der Waals surface area contributed by atoms with Crippen molar-refractivity contribution in [3.63, 3.8) is 0 Å². The van der Waals surface area contributed by atoms with E-state index >= 15 is 0 Å². The van der Waals surface area contributed by atoms with Gasteiger partial charge in [-0.3, -0.25) is 4.79 Å². The van der Waals surface area contributed by atoms with Crippen LogP contribution in [0.2, 0.25) is 0 Å². The van der Waals surface area contributed by atoms with Crippen molar-refractivity contribution in [2.75, 3.05) is 7.05 Å². The van der Waals surface area contributed by atoms with Gasteiger partial charge in [-0.15, -0.1) is 11.3 Å². The van der Waals surface area contributed by atoms with Gasteiger partial charge in [-0.05, 0) is 26.0 Å². The maximum absolute atomic E-state index is 12.9. The zero-order valence-electron chi connectivity index (χ0n) is 10.1. The number of aryl methyl sites for hydroxylation is 1. The first-order chi connectivity index (χ1) is 8.17. The minimum atomic E-state index is -4.64. The molecule has 0 N–H and O–H groups in total. The molecular weight excluding hydrogens is 270 g/mol. The van der Waals surface area contributed by atoms with Gasteiger partial charge in [0, 0.05) is 16.8 Å². The number of carbonyl (C=O) groups excluding carboxylic acids is 1. The van der Waals surface area contributed by atoms with Crippen molar-refractivity contribution >= 4 is 17.2 Å². The number of hydrogen-bond donors (Lipinski definition) is 0. The Bertz CT molecular complexity index is 432. The Hall–Kier alpha value is -1.11. The molecule has 1 amide bonds. The fourth-order valence-corrected chi connectivity index (χ4v) is 2.35. The molecule has 0 radical (unpaired) electrons. The summed E-state index contributed by atoms with van der Waals surface area (Å²) in [5, 5.41) is 0. The Morgan fingerprint density at radius 2 is 1.94 bits per heavy atom. The van der Waals surface area contributed by atoms with Crippen molar-refractivity contribution in [1.29, 1.82) is 0 Å². The van der Waals surface area contributed by atoms with E-state index in [2.05, 4.69) is 0 Å². The van der Waals surface area contributed by atoms with Crippen LogP contribution < -0.4 is 0 Å². The van der Waals surface area contributed by atoms with E-state index in [0.29, 0.717) is 9.78 Å². The van der Waals surface area contributed by atoms with Gasteiger partial charge in [0.15, 0.2) is 0 Å². The van der Waals surface area contributed by atoms with Crippen LogP contribution in [0.4, 0.5) is 17.6 Å². The van der Waals surface area contributed by atoms with Crippen LogP contribution in [-0.4, -0.2) is 30.2 Å². The Labute approximate surface area is 106 Å². The van der Waals surface area contributed by atoms with Gasteiger partial charge >= 0.3 is 12.3 Å². The van der Waals surface area contributed by atoms with Gasteiger partial charge in [-0.25, -0.2) is 8.78 Å². The van der Waals surface area contributed by atoms with Gasteiger partial charge in [0.1, 0.15) is 0 Å². The summed E-state index contributed by atoms with van der Waals surface area (Å²) in [6.07, 6.45) is -4.00. The number of thiophene rings is 1. The van der Waals surface area contributed by atoms with Crippen LogP contribution in [0.15, 0.2) is 12.1 Å². The summed E-state index contributed by atoms with van der Waals surface area (Å²) >= 11 is 1.33. The van der Waals surface area contributed by atoms with Gasteiger partial charge in [0.05, 0.1) is 6.04 Å². The first kappa shape index (κ1) is 14.9. The van der Waals surface area contributed by atoms with Gasteiger partial charge < -0.3 is 4.90 Å². The Kier molecular flexibility index (Phi) is 4.37. The molecule has 2 nitrogen and oxygen atoms in total. The molecular formula is C11H13F4NOS. The van der Waals surface area contributed by atoms with Crippen molar-refractivity contribution < 1.29 is 22.4 Å². The molecule has 0 aliphatic rings. The Morgan fingerprint density at radius 3 is 2.33 bits per heavy atom. The van der Waals surface area contributed by atoms with Crippen LogP contribution in [0.25, 0.3) is 0 Å². The van der Waals surface area contributed by atoms with E-state index in [-0.39, 0.29) is 0 Å². The first-order valence-corrected chi connectivity index (χ1v) is 5.99. The lowest BCUT2D eigenvalue weighted by atomic mass is 10.2. The summed E-state index contributed by atoms with van der Waals surface area (Å²) in [6, 6.07) is 2.80. The van der Waals surface area contributed by atoms with E-state index in [4.69, 9.17) is 0 Å². The molecule has 18 heavy (non-hydrogen) atoms. The predicted octanol–water partition coefficient (Wildman–Crippen LogP) is 3.48. The van der Waals surface area contributed by atoms with Crippen molar-refractivity contribution in [1.82, 2.24) is 4.90 Å². The minimum Gasteiger partial charge on any atom is -0.333 e. The van der Waals surface area contributed by atoms with Gasteiger partial charge in [0.2, 0.25) is 0 Å². The quantitative estimate of drug-likeness (QED) is 0.775. The average molecular weight is 283 g/mol. The predicted molar refractivity (Wildman–Crippen MR) is 61.2 cm³/mol. The second kappa shape index (κ2) is 5.26. The first-order valence-electron chi connectivity index (χ1n) is 5.17. The molecule has 1 unspecified atom stereocenters. The molecule has 0 spiro atoms. The zero-order chi connectivity index (χ0) is 14.1. The average Bonchev–Trinajstić information content (AvgIpc) is 2.72. The van der Waals surface area contributed by atoms with Crippen LogP contribution in [0.3, 0.4) is 0 Å². The lowest BCUT2D eigenvalue weighted by molar-refractivity contribution is -0.181. The fraction of sp³-hybridized carbons (Fsp3) is 0.545. The van der Waals surface area contributed by atoms with Crippen LogP contribution in [0, 0.1) is 6.92 Å². The second-order valence-corrected chi connectivity index (χ2v) is 5.28. The molecule has 7 heteroatoms. The van der Waals surface area contributed by atoms with Crippen LogP contribution in [-0.2, 0) is 4.79 Å².